The minimum absolute atomic E-state index is 0.00702. The molecule has 5 heteroatoms. The molecule has 1 aromatic heterocycles. The number of benzene rings is 1. The summed E-state index contributed by atoms with van der Waals surface area (Å²) in [6, 6.07) is 3.99. The Morgan fingerprint density at radius 3 is 2.10 bits per heavy atom. The Morgan fingerprint density at radius 1 is 0.950 bits per heavy atom. The molecule has 2 heterocycles. The van der Waals surface area contributed by atoms with E-state index in [1.54, 1.807) is 16.2 Å². The Labute approximate surface area is 118 Å². The summed E-state index contributed by atoms with van der Waals surface area (Å²) in [6.07, 6.45) is 5.02. The molecular formula is C15H22N4O. The van der Waals surface area contributed by atoms with Gasteiger partial charge in [0.15, 0.2) is 0 Å². The molecule has 1 aliphatic rings. The van der Waals surface area contributed by atoms with Crippen LogP contribution in [-0.4, -0.2) is 22.2 Å². The Morgan fingerprint density at radius 2 is 1.50 bits per heavy atom. The van der Waals surface area contributed by atoms with Crippen molar-refractivity contribution in [2.24, 2.45) is 14.1 Å². The molecule has 3 rings (SSSR count). The Balaban J connectivity index is 2.14. The third kappa shape index (κ3) is 1.97. The van der Waals surface area contributed by atoms with Crippen LogP contribution in [0.3, 0.4) is 0 Å². The van der Waals surface area contributed by atoms with Crippen molar-refractivity contribution in [3.8, 4) is 0 Å². The van der Waals surface area contributed by atoms with Gasteiger partial charge in [-0.05, 0) is 25.0 Å². The zero-order valence-corrected chi connectivity index (χ0v) is 12.2. The van der Waals surface area contributed by atoms with Crippen molar-refractivity contribution in [3.05, 3.63) is 22.6 Å². The van der Waals surface area contributed by atoms with E-state index in [0.29, 0.717) is 0 Å². The molecule has 108 valence electrons. The van der Waals surface area contributed by atoms with E-state index in [4.69, 9.17) is 5.73 Å². The number of aromatic nitrogens is 2. The molecule has 0 amide bonds. The van der Waals surface area contributed by atoms with E-state index in [1.165, 1.54) is 25.7 Å². The number of anilines is 2. The molecular weight excluding hydrogens is 252 g/mol. The van der Waals surface area contributed by atoms with Crippen molar-refractivity contribution in [2.75, 3.05) is 23.7 Å². The van der Waals surface area contributed by atoms with Gasteiger partial charge in [-0.1, -0.05) is 12.8 Å². The third-order valence-corrected chi connectivity index (χ3v) is 4.37. The number of aryl methyl sites for hydroxylation is 2. The molecule has 0 atom stereocenters. The van der Waals surface area contributed by atoms with E-state index in [1.807, 2.05) is 13.1 Å². The van der Waals surface area contributed by atoms with Crippen molar-refractivity contribution in [2.45, 2.75) is 25.7 Å². The summed E-state index contributed by atoms with van der Waals surface area (Å²) in [6.45, 7) is 2.10. The average Bonchev–Trinajstić information content (AvgIpc) is 2.69. The van der Waals surface area contributed by atoms with Crippen LogP contribution in [-0.2, 0) is 14.1 Å². The van der Waals surface area contributed by atoms with Crippen LogP contribution in [0.5, 0.6) is 0 Å². The maximum atomic E-state index is 12.0. The lowest BCUT2D eigenvalue weighted by molar-refractivity contribution is 0.726. The molecule has 0 saturated carbocycles. The first kappa shape index (κ1) is 13.1. The highest BCUT2D eigenvalue weighted by molar-refractivity contribution is 5.87. The van der Waals surface area contributed by atoms with Gasteiger partial charge in [0.1, 0.15) is 0 Å². The number of hydrogen-bond donors (Lipinski definition) is 1. The number of hydrogen-bond acceptors (Lipinski definition) is 3. The summed E-state index contributed by atoms with van der Waals surface area (Å²) in [5.41, 5.74) is 9.90. The van der Waals surface area contributed by atoms with Crippen LogP contribution in [0.2, 0.25) is 0 Å². The quantitative estimate of drug-likeness (QED) is 0.807. The highest BCUT2D eigenvalue weighted by Crippen LogP contribution is 2.30. The summed E-state index contributed by atoms with van der Waals surface area (Å²) in [7, 11) is 3.60. The molecule has 1 saturated heterocycles. The van der Waals surface area contributed by atoms with Gasteiger partial charge in [-0.15, -0.1) is 0 Å². The summed E-state index contributed by atoms with van der Waals surface area (Å²) < 4.78 is 3.34. The average molecular weight is 274 g/mol. The fraction of sp³-hybridized carbons (Fsp3) is 0.533. The zero-order chi connectivity index (χ0) is 14.3. The van der Waals surface area contributed by atoms with Crippen molar-refractivity contribution in [1.82, 2.24) is 9.13 Å². The van der Waals surface area contributed by atoms with Gasteiger partial charge in [0.05, 0.1) is 22.4 Å². The number of nitrogen functional groups attached to an aromatic ring is 1. The number of fused-ring (bicyclic) bond motifs is 1. The first-order valence-electron chi connectivity index (χ1n) is 7.29. The minimum Gasteiger partial charge on any atom is -0.397 e. The number of rotatable bonds is 1. The summed E-state index contributed by atoms with van der Waals surface area (Å²) in [5.74, 6) is 0. The predicted molar refractivity (Wildman–Crippen MR) is 83.3 cm³/mol. The molecule has 1 aliphatic heterocycles. The van der Waals surface area contributed by atoms with Gasteiger partial charge in [0.25, 0.3) is 0 Å². The van der Waals surface area contributed by atoms with Crippen molar-refractivity contribution in [3.63, 3.8) is 0 Å². The third-order valence-electron chi connectivity index (χ3n) is 4.37. The topological polar surface area (TPSA) is 56.2 Å². The molecule has 0 spiro atoms. The second kappa shape index (κ2) is 4.89. The van der Waals surface area contributed by atoms with E-state index in [-0.39, 0.29) is 5.69 Å². The number of imidazole rings is 1. The van der Waals surface area contributed by atoms with Gasteiger partial charge in [-0.3, -0.25) is 9.13 Å². The van der Waals surface area contributed by atoms with Gasteiger partial charge in [-0.25, -0.2) is 4.79 Å². The molecule has 5 nitrogen and oxygen atoms in total. The second-order valence-electron chi connectivity index (χ2n) is 5.70. The zero-order valence-electron chi connectivity index (χ0n) is 12.2. The molecule has 0 bridgehead atoms. The highest BCUT2D eigenvalue weighted by Gasteiger charge is 2.16. The van der Waals surface area contributed by atoms with Crippen molar-refractivity contribution >= 4 is 22.4 Å². The lowest BCUT2D eigenvalue weighted by Gasteiger charge is -2.24. The normalized spacial score (nSPS) is 16.6. The molecule has 2 N–H and O–H groups in total. The highest BCUT2D eigenvalue weighted by atomic mass is 16.1. The van der Waals surface area contributed by atoms with Gasteiger partial charge < -0.3 is 10.6 Å². The van der Waals surface area contributed by atoms with Crippen LogP contribution in [0.25, 0.3) is 11.0 Å². The molecule has 2 aromatic rings. The summed E-state index contributed by atoms with van der Waals surface area (Å²) >= 11 is 0. The Kier molecular flexibility index (Phi) is 3.20. The molecule has 1 fully saturated rings. The summed E-state index contributed by atoms with van der Waals surface area (Å²) in [4.78, 5) is 14.4. The first-order valence-corrected chi connectivity index (χ1v) is 7.29. The number of nitrogens with zero attached hydrogens (tertiary/aromatic N) is 3. The van der Waals surface area contributed by atoms with Crippen molar-refractivity contribution in [1.29, 1.82) is 0 Å². The van der Waals surface area contributed by atoms with Gasteiger partial charge in [0.2, 0.25) is 0 Å². The Hall–Kier alpha value is -1.91. The van der Waals surface area contributed by atoms with Crippen molar-refractivity contribution < 1.29 is 0 Å². The lowest BCUT2D eigenvalue weighted by Crippen LogP contribution is -2.24. The van der Waals surface area contributed by atoms with E-state index in [2.05, 4.69) is 11.0 Å². The fourth-order valence-electron chi connectivity index (χ4n) is 3.14. The van der Waals surface area contributed by atoms with Gasteiger partial charge in [-0.2, -0.15) is 0 Å². The molecule has 20 heavy (non-hydrogen) atoms. The smallest absolute Gasteiger partial charge is 0.328 e. The molecule has 0 unspecified atom stereocenters. The Bertz CT molecular complexity index is 690. The predicted octanol–water partition coefficient (Wildman–Crippen LogP) is 1.84. The second-order valence-corrected chi connectivity index (χ2v) is 5.70. The maximum Gasteiger partial charge on any atom is 0.328 e. The first-order chi connectivity index (χ1) is 9.59. The monoisotopic (exact) mass is 274 g/mol. The van der Waals surface area contributed by atoms with Gasteiger partial charge in [0, 0.05) is 27.2 Å². The van der Waals surface area contributed by atoms with Crippen LogP contribution in [0.1, 0.15) is 25.7 Å². The molecule has 0 aliphatic carbocycles. The molecule has 0 radical (unpaired) electrons. The van der Waals surface area contributed by atoms with Crippen LogP contribution in [0.15, 0.2) is 16.9 Å². The van der Waals surface area contributed by atoms with Crippen LogP contribution < -0.4 is 16.3 Å². The van der Waals surface area contributed by atoms with E-state index < -0.39 is 0 Å². The van der Waals surface area contributed by atoms with Crippen LogP contribution >= 0.6 is 0 Å². The molecule has 1 aromatic carbocycles. The minimum atomic E-state index is -0.00702. The van der Waals surface area contributed by atoms with Crippen LogP contribution in [0, 0.1) is 0 Å². The SMILES string of the molecule is Cn1c(=O)n(C)c2cc(N3CCCCCC3)c(N)cc21. The van der Waals surface area contributed by atoms with Gasteiger partial charge >= 0.3 is 5.69 Å². The van der Waals surface area contributed by atoms with E-state index in [9.17, 15) is 4.79 Å². The number of nitrogens with two attached hydrogens (primary N) is 1. The van der Waals surface area contributed by atoms with Crippen LogP contribution in [0.4, 0.5) is 11.4 Å². The van der Waals surface area contributed by atoms with E-state index >= 15 is 0 Å². The summed E-state index contributed by atoms with van der Waals surface area (Å²) in [5, 5.41) is 0. The fourth-order valence-corrected chi connectivity index (χ4v) is 3.14. The standard InChI is InChI=1S/C15H22N4O/c1-17-13-9-11(16)12(10-14(13)18(2)15(17)20)19-7-5-3-4-6-8-19/h9-10H,3-8,16H2,1-2H3. The largest absolute Gasteiger partial charge is 0.397 e. The lowest BCUT2D eigenvalue weighted by atomic mass is 10.2. The van der Waals surface area contributed by atoms with E-state index in [0.717, 1.165) is 35.5 Å². The maximum absolute atomic E-state index is 12.0.